The molecule has 0 saturated carbocycles. The van der Waals surface area contributed by atoms with Crippen LogP contribution in [0.4, 0.5) is 0 Å². The maximum absolute atomic E-state index is 5.67. The molecule has 0 fully saturated rings. The van der Waals surface area contributed by atoms with E-state index in [0.29, 0.717) is 29.9 Å². The number of aliphatic imine (C=N–C) groups is 1. The highest BCUT2D eigenvalue weighted by molar-refractivity contribution is 5.98. The number of hydrogen-bond donors (Lipinski definition) is 0. The Morgan fingerprint density at radius 3 is 2.61 bits per heavy atom. The Morgan fingerprint density at radius 1 is 1.28 bits per heavy atom. The maximum atomic E-state index is 5.67. The number of ether oxygens (including phenoxy) is 3. The highest BCUT2D eigenvalue weighted by atomic mass is 16.5. The van der Waals surface area contributed by atoms with Gasteiger partial charge in [0, 0.05) is 0 Å². The molecule has 1 atom stereocenters. The summed E-state index contributed by atoms with van der Waals surface area (Å²) in [4.78, 5) is 4.60. The van der Waals surface area contributed by atoms with Crippen molar-refractivity contribution in [2.45, 2.75) is 19.9 Å². The third kappa shape index (κ3) is 2.28. The van der Waals surface area contributed by atoms with E-state index >= 15 is 0 Å². The zero-order valence-corrected chi connectivity index (χ0v) is 11.3. The fourth-order valence-corrected chi connectivity index (χ4v) is 1.93. The lowest BCUT2D eigenvalue weighted by Crippen LogP contribution is -2.13. The summed E-state index contributed by atoms with van der Waals surface area (Å²) in [5.74, 6) is 2.47. The van der Waals surface area contributed by atoms with Crippen LogP contribution in [-0.4, -0.2) is 32.8 Å². The number of hydrogen-bond acceptors (Lipinski definition) is 4. The van der Waals surface area contributed by atoms with Crippen molar-refractivity contribution in [3.05, 3.63) is 23.8 Å². The molecule has 4 nitrogen and oxygen atoms in total. The van der Waals surface area contributed by atoms with Gasteiger partial charge in [-0.25, -0.2) is 4.99 Å². The number of methoxy groups -OCH3 is 2. The molecular weight excluding hydrogens is 230 g/mol. The van der Waals surface area contributed by atoms with Gasteiger partial charge >= 0.3 is 0 Å². The highest BCUT2D eigenvalue weighted by Crippen LogP contribution is 2.32. The monoisotopic (exact) mass is 249 g/mol. The van der Waals surface area contributed by atoms with E-state index in [2.05, 4.69) is 18.8 Å². The maximum Gasteiger partial charge on any atom is 0.220 e. The summed E-state index contributed by atoms with van der Waals surface area (Å²) in [6.45, 7) is 4.92. The lowest BCUT2D eigenvalue weighted by molar-refractivity contribution is 0.290. The van der Waals surface area contributed by atoms with E-state index in [4.69, 9.17) is 14.2 Å². The van der Waals surface area contributed by atoms with Gasteiger partial charge in [-0.1, -0.05) is 19.9 Å². The lowest BCUT2D eigenvalue weighted by atomic mass is 10.1. The Labute approximate surface area is 108 Å². The Bertz CT molecular complexity index is 454. The van der Waals surface area contributed by atoms with Gasteiger partial charge in [0.2, 0.25) is 5.90 Å². The van der Waals surface area contributed by atoms with Gasteiger partial charge in [-0.2, -0.15) is 0 Å². The second-order valence-electron chi connectivity index (χ2n) is 4.60. The fourth-order valence-electron chi connectivity index (χ4n) is 1.93. The Hall–Kier alpha value is -1.71. The second kappa shape index (κ2) is 5.29. The van der Waals surface area contributed by atoms with E-state index in [1.54, 1.807) is 14.2 Å². The molecular formula is C14H19NO3. The van der Waals surface area contributed by atoms with Gasteiger partial charge in [-0.3, -0.25) is 0 Å². The molecule has 0 amide bonds. The summed E-state index contributed by atoms with van der Waals surface area (Å²) in [5.41, 5.74) is 0.847. The van der Waals surface area contributed by atoms with Crippen molar-refractivity contribution in [2.75, 3.05) is 20.8 Å². The minimum atomic E-state index is 0.218. The van der Waals surface area contributed by atoms with Crippen LogP contribution >= 0.6 is 0 Å². The molecule has 0 aliphatic carbocycles. The average molecular weight is 249 g/mol. The molecule has 4 heteroatoms. The molecule has 1 aliphatic rings. The molecule has 1 aromatic rings. The van der Waals surface area contributed by atoms with Crippen LogP contribution in [0.1, 0.15) is 19.4 Å². The number of nitrogens with zero attached hydrogens (tertiary/aromatic N) is 1. The van der Waals surface area contributed by atoms with Crippen LogP contribution in [-0.2, 0) is 4.74 Å². The third-order valence-corrected chi connectivity index (χ3v) is 3.08. The van der Waals surface area contributed by atoms with Crippen molar-refractivity contribution < 1.29 is 14.2 Å². The zero-order chi connectivity index (χ0) is 13.1. The zero-order valence-electron chi connectivity index (χ0n) is 11.3. The molecule has 18 heavy (non-hydrogen) atoms. The van der Waals surface area contributed by atoms with Crippen LogP contribution in [0.25, 0.3) is 0 Å². The summed E-state index contributed by atoms with van der Waals surface area (Å²) >= 11 is 0. The molecule has 1 aromatic carbocycles. The Morgan fingerprint density at radius 2 is 2.06 bits per heavy atom. The van der Waals surface area contributed by atoms with E-state index < -0.39 is 0 Å². The van der Waals surface area contributed by atoms with Crippen molar-refractivity contribution in [3.8, 4) is 11.5 Å². The summed E-state index contributed by atoms with van der Waals surface area (Å²) in [6, 6.07) is 5.92. The van der Waals surface area contributed by atoms with Crippen molar-refractivity contribution >= 4 is 5.90 Å². The molecule has 0 bridgehead atoms. The molecule has 0 saturated heterocycles. The predicted octanol–water partition coefficient (Wildman–Crippen LogP) is 2.51. The molecule has 0 spiro atoms. The van der Waals surface area contributed by atoms with Crippen LogP contribution in [0.15, 0.2) is 23.2 Å². The lowest BCUT2D eigenvalue weighted by Gasteiger charge is -2.11. The first-order valence-electron chi connectivity index (χ1n) is 6.09. The predicted molar refractivity (Wildman–Crippen MR) is 70.7 cm³/mol. The van der Waals surface area contributed by atoms with E-state index in [1.807, 2.05) is 18.2 Å². The number of para-hydroxylation sites is 1. The van der Waals surface area contributed by atoms with Crippen LogP contribution in [0.3, 0.4) is 0 Å². The van der Waals surface area contributed by atoms with Crippen LogP contribution < -0.4 is 9.47 Å². The standard InChI is InChI=1S/C14H19NO3/c1-9(2)11-8-18-14(15-11)10-6-5-7-12(16-3)13(10)17-4/h5-7,9,11H,8H2,1-4H3. The first kappa shape index (κ1) is 12.7. The Kier molecular flexibility index (Phi) is 3.75. The highest BCUT2D eigenvalue weighted by Gasteiger charge is 2.25. The van der Waals surface area contributed by atoms with Gasteiger partial charge in [0.15, 0.2) is 11.5 Å². The van der Waals surface area contributed by atoms with E-state index in [1.165, 1.54) is 0 Å². The van der Waals surface area contributed by atoms with Gasteiger partial charge in [0.1, 0.15) is 6.61 Å². The van der Waals surface area contributed by atoms with Crippen molar-refractivity contribution in [3.63, 3.8) is 0 Å². The fraction of sp³-hybridized carbons (Fsp3) is 0.500. The Balaban J connectivity index is 2.37. The molecule has 98 valence electrons. The van der Waals surface area contributed by atoms with Crippen LogP contribution in [0.5, 0.6) is 11.5 Å². The summed E-state index contributed by atoms with van der Waals surface area (Å²) in [5, 5.41) is 0. The van der Waals surface area contributed by atoms with E-state index in [0.717, 1.165) is 5.56 Å². The summed E-state index contributed by atoms with van der Waals surface area (Å²) in [6.07, 6.45) is 0. The summed E-state index contributed by atoms with van der Waals surface area (Å²) < 4.78 is 16.3. The van der Waals surface area contributed by atoms with E-state index in [-0.39, 0.29) is 6.04 Å². The minimum absolute atomic E-state index is 0.218. The summed E-state index contributed by atoms with van der Waals surface area (Å²) in [7, 11) is 3.24. The molecule has 0 aromatic heterocycles. The van der Waals surface area contributed by atoms with Gasteiger partial charge in [-0.05, 0) is 18.1 Å². The van der Waals surface area contributed by atoms with E-state index in [9.17, 15) is 0 Å². The molecule has 2 rings (SSSR count). The first-order valence-corrected chi connectivity index (χ1v) is 6.09. The van der Waals surface area contributed by atoms with Crippen molar-refractivity contribution in [2.24, 2.45) is 10.9 Å². The van der Waals surface area contributed by atoms with Crippen LogP contribution in [0.2, 0.25) is 0 Å². The minimum Gasteiger partial charge on any atom is -0.493 e. The SMILES string of the molecule is COc1cccc(C2=NC(C(C)C)CO2)c1OC. The van der Waals surface area contributed by atoms with Crippen molar-refractivity contribution in [1.82, 2.24) is 0 Å². The number of benzene rings is 1. The van der Waals surface area contributed by atoms with Crippen molar-refractivity contribution in [1.29, 1.82) is 0 Å². The molecule has 0 radical (unpaired) electrons. The largest absolute Gasteiger partial charge is 0.493 e. The van der Waals surface area contributed by atoms with Gasteiger partial charge < -0.3 is 14.2 Å². The number of rotatable bonds is 4. The first-order chi connectivity index (χ1) is 8.67. The van der Waals surface area contributed by atoms with Gasteiger partial charge in [0.25, 0.3) is 0 Å². The second-order valence-corrected chi connectivity index (χ2v) is 4.60. The molecule has 1 unspecified atom stereocenters. The quantitative estimate of drug-likeness (QED) is 0.823. The average Bonchev–Trinajstić information content (AvgIpc) is 2.87. The smallest absolute Gasteiger partial charge is 0.220 e. The third-order valence-electron chi connectivity index (χ3n) is 3.08. The van der Waals surface area contributed by atoms with Gasteiger partial charge in [0.05, 0.1) is 25.8 Å². The molecule has 1 aliphatic heterocycles. The topological polar surface area (TPSA) is 40.0 Å². The normalized spacial score (nSPS) is 18.5. The van der Waals surface area contributed by atoms with Crippen LogP contribution in [0, 0.1) is 5.92 Å². The van der Waals surface area contributed by atoms with Gasteiger partial charge in [-0.15, -0.1) is 0 Å². The molecule has 1 heterocycles. The molecule has 0 N–H and O–H groups in total.